The Kier molecular flexibility index (Phi) is 6.02. The number of carbonyl (C=O) groups excluding carboxylic acids is 2. The van der Waals surface area contributed by atoms with Gasteiger partial charge in [-0.1, -0.05) is 51.8 Å². The van der Waals surface area contributed by atoms with Crippen LogP contribution in [0.15, 0.2) is 88.0 Å². The van der Waals surface area contributed by atoms with E-state index < -0.39 is 5.97 Å². The Labute approximate surface area is 192 Å². The number of rotatable bonds is 4. The Morgan fingerprint density at radius 2 is 1.65 bits per heavy atom. The maximum Gasteiger partial charge on any atom is 0.337 e. The fraction of sp³-hybridized carbons (Fsp3) is 0.0417. The summed E-state index contributed by atoms with van der Waals surface area (Å²) in [7, 11) is 1.33. The van der Waals surface area contributed by atoms with Crippen molar-refractivity contribution >= 4 is 57.0 Å². The number of ether oxygens (including phenoxy) is 1. The molecule has 154 valence electrons. The van der Waals surface area contributed by atoms with Crippen LogP contribution in [0.3, 0.4) is 0 Å². The quantitative estimate of drug-likeness (QED) is 0.343. The summed E-state index contributed by atoms with van der Waals surface area (Å²) in [4.78, 5) is 31.1. The molecule has 1 amide bonds. The van der Waals surface area contributed by atoms with Crippen LogP contribution in [0.2, 0.25) is 5.02 Å². The second-order valence-electron chi connectivity index (χ2n) is 6.70. The zero-order valence-electron chi connectivity index (χ0n) is 16.4. The van der Waals surface area contributed by atoms with Gasteiger partial charge in [-0.15, -0.1) is 0 Å². The highest BCUT2D eigenvalue weighted by molar-refractivity contribution is 9.10. The van der Waals surface area contributed by atoms with Crippen molar-refractivity contribution in [1.29, 1.82) is 0 Å². The molecule has 3 aromatic carbocycles. The molecule has 1 aliphatic rings. The zero-order valence-corrected chi connectivity index (χ0v) is 18.7. The molecule has 5 nitrogen and oxygen atoms in total. The monoisotopic (exact) mass is 494 g/mol. The third kappa shape index (κ3) is 4.45. The number of aliphatic imine (C=N–C) groups is 1. The van der Waals surface area contributed by atoms with E-state index in [4.69, 9.17) is 16.3 Å². The molecule has 0 N–H and O–H groups in total. The van der Waals surface area contributed by atoms with E-state index in [9.17, 15) is 9.59 Å². The van der Waals surface area contributed by atoms with Crippen LogP contribution >= 0.6 is 27.5 Å². The maximum atomic E-state index is 13.3. The average Bonchev–Trinajstić information content (AvgIpc) is 3.10. The number of benzene rings is 3. The van der Waals surface area contributed by atoms with Gasteiger partial charge in [0.25, 0.3) is 5.91 Å². The molecule has 0 unspecified atom stereocenters. The summed E-state index contributed by atoms with van der Waals surface area (Å²) in [5, 5.41) is 0.582. The molecular formula is C24H16BrClN2O3. The molecule has 0 bridgehead atoms. The van der Waals surface area contributed by atoms with E-state index >= 15 is 0 Å². The third-order valence-corrected chi connectivity index (χ3v) is 5.46. The van der Waals surface area contributed by atoms with Crippen molar-refractivity contribution in [3.8, 4) is 0 Å². The van der Waals surface area contributed by atoms with Crippen molar-refractivity contribution in [3.05, 3.63) is 105 Å². The van der Waals surface area contributed by atoms with Crippen molar-refractivity contribution in [2.45, 2.75) is 0 Å². The first-order chi connectivity index (χ1) is 15.0. The van der Waals surface area contributed by atoms with E-state index in [0.717, 1.165) is 15.6 Å². The SMILES string of the molecule is COC(=O)c1ccc(/C=C2/N=C(c3ccc(Br)cc3)N(c3ccc(Cl)cc3)C2=O)cc1. The Hall–Kier alpha value is -3.22. The van der Waals surface area contributed by atoms with E-state index in [2.05, 4.69) is 20.9 Å². The largest absolute Gasteiger partial charge is 0.465 e. The summed E-state index contributed by atoms with van der Waals surface area (Å²) in [6.07, 6.45) is 1.69. The molecule has 7 heteroatoms. The topological polar surface area (TPSA) is 59.0 Å². The van der Waals surface area contributed by atoms with Crippen molar-refractivity contribution in [2.24, 2.45) is 4.99 Å². The van der Waals surface area contributed by atoms with Crippen molar-refractivity contribution in [2.75, 3.05) is 12.0 Å². The lowest BCUT2D eigenvalue weighted by Crippen LogP contribution is -2.32. The Morgan fingerprint density at radius 3 is 2.26 bits per heavy atom. The number of carbonyl (C=O) groups is 2. The molecular weight excluding hydrogens is 480 g/mol. The van der Waals surface area contributed by atoms with Crippen LogP contribution in [0.4, 0.5) is 5.69 Å². The zero-order chi connectivity index (χ0) is 22.0. The Bertz CT molecular complexity index is 1200. The standard InChI is InChI=1S/C24H16BrClN2O3/c1-31-24(30)17-4-2-15(3-5-17)14-21-23(29)28(20-12-10-19(26)11-13-20)22(27-21)16-6-8-18(25)9-7-16/h2-14H,1H3/b21-14+. The number of amidine groups is 1. The molecule has 0 saturated heterocycles. The predicted octanol–water partition coefficient (Wildman–Crippen LogP) is 5.72. The number of nitrogens with zero attached hydrogens (tertiary/aromatic N) is 2. The molecule has 31 heavy (non-hydrogen) atoms. The van der Waals surface area contributed by atoms with Crippen LogP contribution < -0.4 is 4.90 Å². The molecule has 1 heterocycles. The lowest BCUT2D eigenvalue weighted by atomic mass is 10.1. The van der Waals surface area contributed by atoms with Crippen LogP contribution in [0.1, 0.15) is 21.5 Å². The highest BCUT2D eigenvalue weighted by Crippen LogP contribution is 2.29. The van der Waals surface area contributed by atoms with E-state index in [1.54, 1.807) is 59.5 Å². The number of anilines is 1. The van der Waals surface area contributed by atoms with Crippen LogP contribution in [-0.2, 0) is 9.53 Å². The molecule has 1 aliphatic heterocycles. The summed E-state index contributed by atoms with van der Waals surface area (Å²) in [5.74, 6) is -0.143. The molecule has 0 aliphatic carbocycles. The number of hydrogen-bond donors (Lipinski definition) is 0. The number of halogens is 2. The first-order valence-electron chi connectivity index (χ1n) is 9.31. The third-order valence-electron chi connectivity index (χ3n) is 4.68. The van der Waals surface area contributed by atoms with Crippen molar-refractivity contribution in [1.82, 2.24) is 0 Å². The molecule has 4 rings (SSSR count). The molecule has 0 fully saturated rings. The fourth-order valence-corrected chi connectivity index (χ4v) is 3.52. The minimum Gasteiger partial charge on any atom is -0.465 e. The second kappa shape index (κ2) is 8.88. The molecule has 0 spiro atoms. The fourth-order valence-electron chi connectivity index (χ4n) is 3.13. The van der Waals surface area contributed by atoms with E-state index in [-0.39, 0.29) is 5.91 Å². The summed E-state index contributed by atoms with van der Waals surface area (Å²) in [6, 6.07) is 21.4. The van der Waals surface area contributed by atoms with Crippen LogP contribution in [-0.4, -0.2) is 24.8 Å². The lowest BCUT2D eigenvalue weighted by molar-refractivity contribution is -0.113. The van der Waals surface area contributed by atoms with Gasteiger partial charge < -0.3 is 4.74 Å². The van der Waals surface area contributed by atoms with Gasteiger partial charge in [-0.2, -0.15) is 0 Å². The van der Waals surface area contributed by atoms with Gasteiger partial charge in [-0.3, -0.25) is 9.69 Å². The van der Waals surface area contributed by atoms with Gasteiger partial charge in [0.2, 0.25) is 0 Å². The van der Waals surface area contributed by atoms with E-state index in [0.29, 0.717) is 27.8 Å². The second-order valence-corrected chi connectivity index (χ2v) is 8.05. The number of esters is 1. The highest BCUT2D eigenvalue weighted by Gasteiger charge is 2.32. The predicted molar refractivity (Wildman–Crippen MR) is 125 cm³/mol. The Balaban J connectivity index is 1.75. The smallest absolute Gasteiger partial charge is 0.337 e. The summed E-state index contributed by atoms with van der Waals surface area (Å²) in [5.41, 5.74) is 2.94. The van der Waals surface area contributed by atoms with Gasteiger partial charge in [0.15, 0.2) is 0 Å². The summed E-state index contributed by atoms with van der Waals surface area (Å²) < 4.78 is 5.65. The summed E-state index contributed by atoms with van der Waals surface area (Å²) >= 11 is 9.46. The average molecular weight is 496 g/mol. The molecule has 0 radical (unpaired) electrons. The van der Waals surface area contributed by atoms with E-state index in [1.807, 2.05) is 24.3 Å². The van der Waals surface area contributed by atoms with Crippen LogP contribution in [0.25, 0.3) is 6.08 Å². The first-order valence-corrected chi connectivity index (χ1v) is 10.5. The van der Waals surface area contributed by atoms with Gasteiger partial charge in [-0.25, -0.2) is 9.79 Å². The van der Waals surface area contributed by atoms with Crippen molar-refractivity contribution in [3.63, 3.8) is 0 Å². The molecule has 3 aromatic rings. The van der Waals surface area contributed by atoms with Crippen molar-refractivity contribution < 1.29 is 14.3 Å². The van der Waals surface area contributed by atoms with Crippen LogP contribution in [0.5, 0.6) is 0 Å². The first kappa shape index (κ1) is 21.0. The minimum absolute atomic E-state index is 0.253. The molecule has 0 atom stereocenters. The normalized spacial score (nSPS) is 14.7. The number of amides is 1. The van der Waals surface area contributed by atoms with Gasteiger partial charge in [0, 0.05) is 15.1 Å². The van der Waals surface area contributed by atoms with Crippen LogP contribution in [0, 0.1) is 0 Å². The minimum atomic E-state index is -0.416. The maximum absolute atomic E-state index is 13.3. The number of hydrogen-bond acceptors (Lipinski definition) is 4. The van der Waals surface area contributed by atoms with Gasteiger partial charge in [0.1, 0.15) is 11.5 Å². The molecule has 0 aromatic heterocycles. The molecule has 0 saturated carbocycles. The van der Waals surface area contributed by atoms with Gasteiger partial charge in [-0.05, 0) is 60.2 Å². The Morgan fingerprint density at radius 1 is 1.00 bits per heavy atom. The summed E-state index contributed by atoms with van der Waals surface area (Å²) in [6.45, 7) is 0. The lowest BCUT2D eigenvalue weighted by Gasteiger charge is -2.18. The highest BCUT2D eigenvalue weighted by atomic mass is 79.9. The van der Waals surface area contributed by atoms with Gasteiger partial charge in [0.05, 0.1) is 18.4 Å². The van der Waals surface area contributed by atoms with Gasteiger partial charge >= 0.3 is 5.97 Å². The van der Waals surface area contributed by atoms with E-state index in [1.165, 1.54) is 7.11 Å². The number of methoxy groups -OCH3 is 1.